The largest absolute Gasteiger partial charge is 0.425 e. The normalized spacial score (nSPS) is 16.8. The molecular formula is C23H26F3N7O3S. The van der Waals surface area contributed by atoms with Gasteiger partial charge in [-0.2, -0.15) is 22.7 Å². The molecule has 2 aliphatic rings. The van der Waals surface area contributed by atoms with E-state index in [9.17, 15) is 22.8 Å². The summed E-state index contributed by atoms with van der Waals surface area (Å²) in [4.78, 5) is 32.5. The Morgan fingerprint density at radius 3 is 2.73 bits per heavy atom. The van der Waals surface area contributed by atoms with Crippen LogP contribution in [0.2, 0.25) is 0 Å². The maximum Gasteiger partial charge on any atom is 0.425 e. The predicted molar refractivity (Wildman–Crippen MR) is 133 cm³/mol. The van der Waals surface area contributed by atoms with Crippen molar-refractivity contribution in [2.75, 3.05) is 49.6 Å². The number of rotatable bonds is 6. The van der Waals surface area contributed by atoms with Gasteiger partial charge in [0.25, 0.3) is 5.56 Å². The summed E-state index contributed by atoms with van der Waals surface area (Å²) in [7, 11) is 0. The van der Waals surface area contributed by atoms with E-state index in [1.165, 1.54) is 9.90 Å². The number of carbonyl (C=O) groups excluding carboxylic acids is 1. The van der Waals surface area contributed by atoms with Crippen LogP contribution < -0.4 is 21.1 Å². The zero-order chi connectivity index (χ0) is 26.2. The van der Waals surface area contributed by atoms with Crippen LogP contribution in [-0.2, 0) is 28.7 Å². The van der Waals surface area contributed by atoms with Gasteiger partial charge < -0.3 is 24.8 Å². The molecular weight excluding hydrogens is 511 g/mol. The second kappa shape index (κ2) is 10.3. The Morgan fingerprint density at radius 2 is 2.08 bits per heavy atom. The van der Waals surface area contributed by atoms with E-state index >= 15 is 0 Å². The first kappa shape index (κ1) is 25.4. The molecule has 5 heterocycles. The van der Waals surface area contributed by atoms with Gasteiger partial charge in [0, 0.05) is 31.6 Å². The molecule has 0 aromatic carbocycles. The van der Waals surface area contributed by atoms with E-state index in [1.54, 1.807) is 4.57 Å². The number of piperazine rings is 1. The predicted octanol–water partition coefficient (Wildman–Crippen LogP) is 2.39. The number of thiophene rings is 1. The number of halogens is 3. The molecule has 2 aliphatic heterocycles. The highest BCUT2D eigenvalue weighted by Gasteiger charge is 2.33. The summed E-state index contributed by atoms with van der Waals surface area (Å²) in [5, 5.41) is 11.6. The van der Waals surface area contributed by atoms with E-state index in [1.807, 2.05) is 17.9 Å². The van der Waals surface area contributed by atoms with Gasteiger partial charge in [-0.05, 0) is 24.5 Å². The van der Waals surface area contributed by atoms with Crippen LogP contribution in [0.25, 0.3) is 11.4 Å². The van der Waals surface area contributed by atoms with E-state index < -0.39 is 17.0 Å². The SMILES string of the molecule is CCc1c(N2CCNCC2)c(=O)n2nc(C3=CCOCC3)nc2n1CC(=O)Nc1csc(C(F)(F)F)c1. The molecule has 5 rings (SSSR count). The molecule has 1 fully saturated rings. The Morgan fingerprint density at radius 1 is 1.30 bits per heavy atom. The van der Waals surface area contributed by atoms with Gasteiger partial charge in [-0.1, -0.05) is 13.0 Å². The van der Waals surface area contributed by atoms with E-state index in [4.69, 9.17) is 4.74 Å². The van der Waals surface area contributed by atoms with Gasteiger partial charge in [-0.3, -0.25) is 9.59 Å². The maximum atomic E-state index is 13.7. The third-order valence-corrected chi connectivity index (χ3v) is 7.28. The number of aromatic nitrogens is 4. The number of anilines is 2. The number of amides is 1. The smallest absolute Gasteiger partial charge is 0.377 e. The number of fused-ring (bicyclic) bond motifs is 1. The van der Waals surface area contributed by atoms with Gasteiger partial charge >= 0.3 is 6.18 Å². The van der Waals surface area contributed by atoms with E-state index in [2.05, 4.69) is 20.7 Å². The van der Waals surface area contributed by atoms with Gasteiger partial charge in [0.1, 0.15) is 17.1 Å². The maximum absolute atomic E-state index is 13.7. The summed E-state index contributed by atoms with van der Waals surface area (Å²) in [6, 6.07) is 0.906. The Balaban J connectivity index is 1.57. The highest BCUT2D eigenvalue weighted by molar-refractivity contribution is 7.10. The number of ether oxygens (including phenoxy) is 1. The zero-order valence-corrected chi connectivity index (χ0v) is 20.9. The number of hydrogen-bond donors (Lipinski definition) is 2. The van der Waals surface area contributed by atoms with Crippen molar-refractivity contribution in [1.29, 1.82) is 0 Å². The number of nitrogens with zero attached hydrogens (tertiary/aromatic N) is 5. The minimum Gasteiger partial charge on any atom is -0.377 e. The lowest BCUT2D eigenvalue weighted by Gasteiger charge is -2.31. The monoisotopic (exact) mass is 537 g/mol. The first-order chi connectivity index (χ1) is 17.8. The summed E-state index contributed by atoms with van der Waals surface area (Å²) in [6.07, 6.45) is -1.58. The van der Waals surface area contributed by atoms with Crippen LogP contribution in [-0.4, -0.2) is 64.5 Å². The van der Waals surface area contributed by atoms with Crippen molar-refractivity contribution in [3.63, 3.8) is 0 Å². The number of hydrogen-bond acceptors (Lipinski definition) is 8. The molecule has 1 saturated heterocycles. The van der Waals surface area contributed by atoms with Crippen molar-refractivity contribution >= 4 is 40.0 Å². The summed E-state index contributed by atoms with van der Waals surface area (Å²) in [5.74, 6) is 0.0640. The molecule has 10 nitrogen and oxygen atoms in total. The van der Waals surface area contributed by atoms with Crippen LogP contribution in [0.1, 0.15) is 29.7 Å². The van der Waals surface area contributed by atoms with Gasteiger partial charge in [-0.25, -0.2) is 0 Å². The summed E-state index contributed by atoms with van der Waals surface area (Å²) >= 11 is 0.514. The molecule has 3 aromatic rings. The highest BCUT2D eigenvalue weighted by atomic mass is 32.1. The van der Waals surface area contributed by atoms with Gasteiger partial charge in [-0.15, -0.1) is 16.4 Å². The third kappa shape index (κ3) is 5.13. The minimum absolute atomic E-state index is 0.0642. The lowest BCUT2D eigenvalue weighted by molar-refractivity contribution is -0.134. The van der Waals surface area contributed by atoms with Crippen LogP contribution >= 0.6 is 11.3 Å². The summed E-state index contributed by atoms with van der Waals surface area (Å²) < 4.78 is 47.2. The molecule has 1 amide bonds. The van der Waals surface area contributed by atoms with E-state index in [-0.39, 0.29) is 23.6 Å². The van der Waals surface area contributed by atoms with Gasteiger partial charge in [0.05, 0.1) is 24.6 Å². The lowest BCUT2D eigenvalue weighted by Crippen LogP contribution is -2.47. The molecule has 2 N–H and O–H groups in total. The van der Waals surface area contributed by atoms with Crippen LogP contribution in [0, 0.1) is 0 Å². The second-order valence-corrected chi connectivity index (χ2v) is 9.64. The topological polar surface area (TPSA) is 106 Å². The Hall–Kier alpha value is -3.23. The van der Waals surface area contributed by atoms with Crippen molar-refractivity contribution in [2.45, 2.75) is 32.5 Å². The fourth-order valence-electron chi connectivity index (χ4n) is 4.58. The van der Waals surface area contributed by atoms with Crippen molar-refractivity contribution in [3.05, 3.63) is 44.3 Å². The van der Waals surface area contributed by atoms with E-state index in [0.717, 1.165) is 11.6 Å². The van der Waals surface area contributed by atoms with Crippen molar-refractivity contribution < 1.29 is 22.7 Å². The molecule has 0 atom stereocenters. The molecule has 0 unspecified atom stereocenters. The molecule has 0 radical (unpaired) electrons. The quantitative estimate of drug-likeness (QED) is 0.498. The molecule has 0 bridgehead atoms. The van der Waals surface area contributed by atoms with E-state index in [0.29, 0.717) is 80.8 Å². The number of alkyl halides is 3. The Bertz CT molecular complexity index is 1400. The number of nitrogens with one attached hydrogen (secondary N) is 2. The molecule has 14 heteroatoms. The molecule has 3 aromatic heterocycles. The van der Waals surface area contributed by atoms with Crippen molar-refractivity contribution in [2.24, 2.45) is 0 Å². The second-order valence-electron chi connectivity index (χ2n) is 8.72. The first-order valence-corrected chi connectivity index (χ1v) is 12.8. The minimum atomic E-state index is -4.48. The highest BCUT2D eigenvalue weighted by Crippen LogP contribution is 2.35. The molecule has 198 valence electrons. The van der Waals surface area contributed by atoms with Gasteiger partial charge in [0.2, 0.25) is 11.7 Å². The summed E-state index contributed by atoms with van der Waals surface area (Å²) in [6.45, 7) is 5.21. The lowest BCUT2D eigenvalue weighted by atomic mass is 10.1. The fourth-order valence-corrected chi connectivity index (χ4v) is 5.29. The van der Waals surface area contributed by atoms with Gasteiger partial charge in [0.15, 0.2) is 5.82 Å². The van der Waals surface area contributed by atoms with Crippen LogP contribution in [0.15, 0.2) is 22.3 Å². The van der Waals surface area contributed by atoms with Crippen molar-refractivity contribution in [1.82, 2.24) is 24.5 Å². The number of carbonyl (C=O) groups is 1. The van der Waals surface area contributed by atoms with Crippen LogP contribution in [0.5, 0.6) is 0 Å². The first-order valence-electron chi connectivity index (χ1n) is 12.0. The Labute approximate surface area is 213 Å². The molecule has 0 saturated carbocycles. The Kier molecular flexibility index (Phi) is 7.05. The standard InChI is InChI=1S/C23H26F3N7O3S/c1-2-16-19(31-7-5-27-6-8-31)21(35)33-22(29-20(30-33)14-3-9-36-10-4-14)32(16)12-18(34)28-15-11-17(37-13-15)23(24,25)26/h3,11,13,27H,2,4-10,12H2,1H3,(H,28,34). The zero-order valence-electron chi connectivity index (χ0n) is 20.1. The molecule has 0 aliphatic carbocycles. The van der Waals surface area contributed by atoms with Crippen LogP contribution in [0.3, 0.4) is 0 Å². The average Bonchev–Trinajstić information content (AvgIpc) is 3.54. The molecule has 37 heavy (non-hydrogen) atoms. The third-order valence-electron chi connectivity index (χ3n) is 6.31. The van der Waals surface area contributed by atoms with Crippen LogP contribution in [0.4, 0.5) is 24.5 Å². The van der Waals surface area contributed by atoms with Crippen molar-refractivity contribution in [3.8, 4) is 0 Å². The fraction of sp³-hybridized carbons (Fsp3) is 0.478. The molecule has 0 spiro atoms. The average molecular weight is 538 g/mol. The summed E-state index contributed by atoms with van der Waals surface area (Å²) in [5.41, 5.74) is 1.68.